The minimum absolute atomic E-state index is 0.365. The Bertz CT molecular complexity index is 310. The highest BCUT2D eigenvalue weighted by Crippen LogP contribution is 2.23. The third-order valence-electron chi connectivity index (χ3n) is 1.94. The van der Waals surface area contributed by atoms with E-state index in [0.29, 0.717) is 12.5 Å². The predicted molar refractivity (Wildman–Crippen MR) is 54.6 cm³/mol. The van der Waals surface area contributed by atoms with Crippen molar-refractivity contribution in [2.75, 3.05) is 11.9 Å². The summed E-state index contributed by atoms with van der Waals surface area (Å²) in [5.74, 6) is 0.488. The Labute approximate surface area is 79.2 Å². The number of hydrogen-bond acceptors (Lipinski definition) is 2. The van der Waals surface area contributed by atoms with Crippen LogP contribution in [-0.4, -0.2) is 6.54 Å². The maximum atomic E-state index is 8.44. The van der Waals surface area contributed by atoms with Gasteiger partial charge in [-0.25, -0.2) is 0 Å². The number of nitrogens with zero attached hydrogens (tertiary/aromatic N) is 1. The second kappa shape index (κ2) is 4.51. The first-order valence-electron chi connectivity index (χ1n) is 4.45. The van der Waals surface area contributed by atoms with Gasteiger partial charge in [-0.2, -0.15) is 5.26 Å². The standard InChI is InChI=1S/C11H14N2/c1-9(2)10-5-3-4-6-11(10)13-8-7-12/h3-6,9,13H,8H2,1-2H3. The molecule has 0 radical (unpaired) electrons. The maximum absolute atomic E-state index is 8.44. The van der Waals surface area contributed by atoms with Crippen LogP contribution in [0.1, 0.15) is 25.3 Å². The van der Waals surface area contributed by atoms with Crippen LogP contribution in [0.25, 0.3) is 0 Å². The fourth-order valence-corrected chi connectivity index (χ4v) is 1.30. The summed E-state index contributed by atoms with van der Waals surface area (Å²) in [5.41, 5.74) is 2.33. The van der Waals surface area contributed by atoms with Crippen LogP contribution in [0.3, 0.4) is 0 Å². The van der Waals surface area contributed by atoms with Crippen LogP contribution in [0.15, 0.2) is 24.3 Å². The second-order valence-corrected chi connectivity index (χ2v) is 3.25. The lowest BCUT2D eigenvalue weighted by atomic mass is 10.0. The van der Waals surface area contributed by atoms with Crippen molar-refractivity contribution in [3.05, 3.63) is 29.8 Å². The van der Waals surface area contributed by atoms with Crippen molar-refractivity contribution in [3.8, 4) is 6.07 Å². The minimum Gasteiger partial charge on any atom is -0.372 e. The minimum atomic E-state index is 0.365. The van der Waals surface area contributed by atoms with Crippen LogP contribution in [0.2, 0.25) is 0 Å². The summed E-state index contributed by atoms with van der Waals surface area (Å²) in [5, 5.41) is 11.5. The largest absolute Gasteiger partial charge is 0.372 e. The molecule has 2 heteroatoms. The molecule has 0 saturated heterocycles. The molecule has 0 amide bonds. The number of para-hydroxylation sites is 1. The summed E-state index contributed by atoms with van der Waals surface area (Å²) < 4.78 is 0. The molecule has 1 rings (SSSR count). The van der Waals surface area contributed by atoms with E-state index in [-0.39, 0.29) is 0 Å². The Morgan fingerprint density at radius 2 is 2.08 bits per heavy atom. The number of benzene rings is 1. The highest BCUT2D eigenvalue weighted by molar-refractivity contribution is 5.52. The van der Waals surface area contributed by atoms with E-state index in [1.165, 1.54) is 5.56 Å². The summed E-state index contributed by atoms with van der Waals surface area (Å²) >= 11 is 0. The highest BCUT2D eigenvalue weighted by Gasteiger charge is 2.03. The number of anilines is 1. The first kappa shape index (κ1) is 9.60. The molecule has 13 heavy (non-hydrogen) atoms. The normalized spacial score (nSPS) is 9.69. The molecule has 0 heterocycles. The van der Waals surface area contributed by atoms with Gasteiger partial charge in [0.15, 0.2) is 0 Å². The van der Waals surface area contributed by atoms with Gasteiger partial charge in [0.05, 0.1) is 6.07 Å². The zero-order valence-corrected chi connectivity index (χ0v) is 8.04. The summed E-state index contributed by atoms with van der Waals surface area (Å²) in [7, 11) is 0. The molecule has 0 aliphatic rings. The van der Waals surface area contributed by atoms with E-state index in [9.17, 15) is 0 Å². The summed E-state index contributed by atoms with van der Waals surface area (Å²) in [6, 6.07) is 10.2. The number of nitriles is 1. The Morgan fingerprint density at radius 3 is 2.69 bits per heavy atom. The molecule has 1 aromatic rings. The first-order chi connectivity index (χ1) is 6.25. The van der Waals surface area contributed by atoms with Gasteiger partial charge in [0.2, 0.25) is 0 Å². The fraction of sp³-hybridized carbons (Fsp3) is 0.364. The predicted octanol–water partition coefficient (Wildman–Crippen LogP) is 2.75. The van der Waals surface area contributed by atoms with E-state index in [4.69, 9.17) is 5.26 Å². The molecule has 68 valence electrons. The van der Waals surface area contributed by atoms with Gasteiger partial charge in [-0.3, -0.25) is 0 Å². The van der Waals surface area contributed by atoms with Crippen molar-refractivity contribution in [3.63, 3.8) is 0 Å². The first-order valence-corrected chi connectivity index (χ1v) is 4.45. The second-order valence-electron chi connectivity index (χ2n) is 3.25. The van der Waals surface area contributed by atoms with E-state index in [1.54, 1.807) is 0 Å². The number of nitrogens with one attached hydrogen (secondary N) is 1. The van der Waals surface area contributed by atoms with Crippen molar-refractivity contribution in [1.82, 2.24) is 0 Å². The average Bonchev–Trinajstić information content (AvgIpc) is 2.15. The van der Waals surface area contributed by atoms with Crippen molar-refractivity contribution in [2.24, 2.45) is 0 Å². The van der Waals surface area contributed by atoms with Gasteiger partial charge in [-0.05, 0) is 17.5 Å². The van der Waals surface area contributed by atoms with E-state index in [2.05, 4.69) is 31.3 Å². The van der Waals surface area contributed by atoms with Crippen LogP contribution >= 0.6 is 0 Å². The number of rotatable bonds is 3. The zero-order valence-electron chi connectivity index (χ0n) is 8.04. The lowest BCUT2D eigenvalue weighted by molar-refractivity contribution is 0.867. The molecule has 0 saturated carbocycles. The molecule has 0 unspecified atom stereocenters. The fourth-order valence-electron chi connectivity index (χ4n) is 1.30. The van der Waals surface area contributed by atoms with Gasteiger partial charge in [-0.1, -0.05) is 32.0 Å². The molecule has 0 bridgehead atoms. The van der Waals surface area contributed by atoms with E-state index >= 15 is 0 Å². The van der Waals surface area contributed by atoms with E-state index in [1.807, 2.05) is 18.2 Å². The van der Waals surface area contributed by atoms with Crippen LogP contribution in [0, 0.1) is 11.3 Å². The van der Waals surface area contributed by atoms with E-state index < -0.39 is 0 Å². The Morgan fingerprint density at radius 1 is 1.38 bits per heavy atom. The summed E-state index contributed by atoms with van der Waals surface area (Å²) in [4.78, 5) is 0. The van der Waals surface area contributed by atoms with E-state index in [0.717, 1.165) is 5.69 Å². The van der Waals surface area contributed by atoms with Gasteiger partial charge < -0.3 is 5.32 Å². The molecule has 0 spiro atoms. The lowest BCUT2D eigenvalue weighted by Crippen LogP contribution is -2.02. The molecular formula is C11H14N2. The molecule has 0 atom stereocenters. The van der Waals surface area contributed by atoms with Crippen molar-refractivity contribution in [2.45, 2.75) is 19.8 Å². The maximum Gasteiger partial charge on any atom is 0.103 e. The van der Waals surface area contributed by atoms with Crippen LogP contribution in [0.5, 0.6) is 0 Å². The monoisotopic (exact) mass is 174 g/mol. The highest BCUT2D eigenvalue weighted by atomic mass is 14.9. The average molecular weight is 174 g/mol. The third-order valence-corrected chi connectivity index (χ3v) is 1.94. The van der Waals surface area contributed by atoms with Crippen molar-refractivity contribution < 1.29 is 0 Å². The SMILES string of the molecule is CC(C)c1ccccc1NCC#N. The molecule has 1 aromatic carbocycles. The van der Waals surface area contributed by atoms with Crippen LogP contribution in [-0.2, 0) is 0 Å². The molecule has 0 aliphatic heterocycles. The molecule has 0 aromatic heterocycles. The zero-order chi connectivity index (χ0) is 9.68. The Hall–Kier alpha value is -1.49. The molecule has 1 N–H and O–H groups in total. The molecule has 0 fully saturated rings. The summed E-state index contributed by atoms with van der Waals surface area (Å²) in [6.07, 6.45) is 0. The van der Waals surface area contributed by atoms with Crippen LogP contribution in [0.4, 0.5) is 5.69 Å². The smallest absolute Gasteiger partial charge is 0.103 e. The molecular weight excluding hydrogens is 160 g/mol. The number of hydrogen-bond donors (Lipinski definition) is 1. The molecule has 0 aliphatic carbocycles. The Kier molecular flexibility index (Phi) is 3.33. The quantitative estimate of drug-likeness (QED) is 0.715. The summed E-state index contributed by atoms with van der Waals surface area (Å²) in [6.45, 7) is 4.66. The van der Waals surface area contributed by atoms with Crippen LogP contribution < -0.4 is 5.32 Å². The lowest BCUT2D eigenvalue weighted by Gasteiger charge is -2.12. The van der Waals surface area contributed by atoms with Gasteiger partial charge in [0, 0.05) is 5.69 Å². The topological polar surface area (TPSA) is 35.8 Å². The van der Waals surface area contributed by atoms with Gasteiger partial charge >= 0.3 is 0 Å². The van der Waals surface area contributed by atoms with Gasteiger partial charge in [0.25, 0.3) is 0 Å². The Balaban J connectivity index is 2.86. The van der Waals surface area contributed by atoms with Gasteiger partial charge in [-0.15, -0.1) is 0 Å². The van der Waals surface area contributed by atoms with Gasteiger partial charge in [0.1, 0.15) is 6.54 Å². The third kappa shape index (κ3) is 2.48. The van der Waals surface area contributed by atoms with Crippen molar-refractivity contribution in [1.29, 1.82) is 5.26 Å². The van der Waals surface area contributed by atoms with Crippen molar-refractivity contribution >= 4 is 5.69 Å². The molecule has 2 nitrogen and oxygen atoms in total.